The van der Waals surface area contributed by atoms with Crippen LogP contribution in [-0.2, 0) is 24.3 Å². The predicted molar refractivity (Wildman–Crippen MR) is 118 cm³/mol. The number of sulfonamides is 1. The predicted octanol–water partition coefficient (Wildman–Crippen LogP) is 1.83. The fraction of sp³-hybridized carbons (Fsp3) is 0.227. The number of carbonyl (C=O) groups is 2. The standard InChI is InChI=1S/C22H21FN4O6S/c23-16-4-6-18(7-5-16)27-15-24-13-20(27)22(29)33-14-21(28)25-17-2-1-3-19(12-17)34(30,31)26-8-10-32-11-9-26/h1-7,12-13,15H,8-11,14H2,(H,25,28). The smallest absolute Gasteiger partial charge is 0.357 e. The Bertz CT molecular complexity index is 1290. The van der Waals surface area contributed by atoms with E-state index in [-0.39, 0.29) is 29.4 Å². The van der Waals surface area contributed by atoms with Gasteiger partial charge in [-0.05, 0) is 42.5 Å². The number of nitrogens with zero attached hydrogens (tertiary/aromatic N) is 3. The van der Waals surface area contributed by atoms with Gasteiger partial charge < -0.3 is 14.8 Å². The highest BCUT2D eigenvalue weighted by Gasteiger charge is 2.26. The normalized spacial score (nSPS) is 14.5. The molecular formula is C22H21FN4O6S. The van der Waals surface area contributed by atoms with Gasteiger partial charge in [0, 0.05) is 24.5 Å². The van der Waals surface area contributed by atoms with Gasteiger partial charge in [-0.2, -0.15) is 4.31 Å². The molecule has 2 aromatic carbocycles. The number of benzene rings is 2. The summed E-state index contributed by atoms with van der Waals surface area (Å²) in [7, 11) is -3.73. The largest absolute Gasteiger partial charge is 0.451 e. The molecule has 178 valence electrons. The molecule has 0 unspecified atom stereocenters. The van der Waals surface area contributed by atoms with Crippen LogP contribution in [0.2, 0.25) is 0 Å². The van der Waals surface area contributed by atoms with E-state index in [0.29, 0.717) is 18.9 Å². The molecule has 2 heterocycles. The molecule has 0 spiro atoms. The number of morpholine rings is 1. The van der Waals surface area contributed by atoms with Crippen molar-refractivity contribution in [1.82, 2.24) is 13.9 Å². The highest BCUT2D eigenvalue weighted by molar-refractivity contribution is 7.89. The first-order valence-electron chi connectivity index (χ1n) is 10.3. The molecule has 1 N–H and O–H groups in total. The fourth-order valence-corrected chi connectivity index (χ4v) is 4.78. The van der Waals surface area contributed by atoms with E-state index in [1.54, 1.807) is 0 Å². The van der Waals surface area contributed by atoms with Gasteiger partial charge in [-0.15, -0.1) is 0 Å². The molecule has 1 aliphatic heterocycles. The van der Waals surface area contributed by atoms with E-state index in [2.05, 4.69) is 10.3 Å². The van der Waals surface area contributed by atoms with Gasteiger partial charge >= 0.3 is 5.97 Å². The summed E-state index contributed by atoms with van der Waals surface area (Å²) < 4.78 is 51.7. The van der Waals surface area contributed by atoms with Crippen molar-refractivity contribution < 1.29 is 31.9 Å². The summed E-state index contributed by atoms with van der Waals surface area (Å²) in [5, 5.41) is 2.52. The lowest BCUT2D eigenvalue weighted by Crippen LogP contribution is -2.40. The number of ether oxygens (including phenoxy) is 2. The first kappa shape index (κ1) is 23.5. The average Bonchev–Trinajstić information content (AvgIpc) is 3.34. The first-order chi connectivity index (χ1) is 16.3. The number of carbonyl (C=O) groups excluding carboxylic acids is 2. The van der Waals surface area contributed by atoms with Gasteiger partial charge in [0.15, 0.2) is 12.3 Å². The van der Waals surface area contributed by atoms with Gasteiger partial charge in [0.1, 0.15) is 5.82 Å². The lowest BCUT2D eigenvalue weighted by atomic mass is 10.3. The number of halogens is 1. The van der Waals surface area contributed by atoms with Crippen molar-refractivity contribution in [2.45, 2.75) is 4.90 Å². The van der Waals surface area contributed by atoms with Crippen molar-refractivity contribution >= 4 is 27.6 Å². The zero-order valence-corrected chi connectivity index (χ0v) is 18.7. The van der Waals surface area contributed by atoms with Crippen molar-refractivity contribution in [1.29, 1.82) is 0 Å². The number of anilines is 1. The molecule has 1 aromatic heterocycles. The van der Waals surface area contributed by atoms with Crippen LogP contribution in [0.4, 0.5) is 10.1 Å². The molecular weight excluding hydrogens is 467 g/mol. The molecule has 12 heteroatoms. The van der Waals surface area contributed by atoms with Crippen LogP contribution in [0.3, 0.4) is 0 Å². The zero-order valence-electron chi connectivity index (χ0n) is 17.9. The Balaban J connectivity index is 1.38. The van der Waals surface area contributed by atoms with Gasteiger partial charge in [0.2, 0.25) is 10.0 Å². The molecule has 1 aliphatic rings. The lowest BCUT2D eigenvalue weighted by molar-refractivity contribution is -0.119. The molecule has 0 aliphatic carbocycles. The third kappa shape index (κ3) is 5.30. The van der Waals surface area contributed by atoms with Crippen molar-refractivity contribution in [2.24, 2.45) is 0 Å². The van der Waals surface area contributed by atoms with E-state index in [4.69, 9.17) is 9.47 Å². The number of nitrogens with one attached hydrogen (secondary N) is 1. The van der Waals surface area contributed by atoms with Gasteiger partial charge in [-0.25, -0.2) is 22.6 Å². The maximum atomic E-state index is 13.2. The maximum absolute atomic E-state index is 13.2. The summed E-state index contributed by atoms with van der Waals surface area (Å²) in [6, 6.07) is 11.2. The topological polar surface area (TPSA) is 120 Å². The Hall–Kier alpha value is -3.61. The van der Waals surface area contributed by atoms with Crippen molar-refractivity contribution in [3.63, 3.8) is 0 Å². The molecule has 34 heavy (non-hydrogen) atoms. The highest BCUT2D eigenvalue weighted by atomic mass is 32.2. The van der Waals surface area contributed by atoms with Crippen LogP contribution in [-0.4, -0.2) is 67.1 Å². The Labute approximate surface area is 195 Å². The maximum Gasteiger partial charge on any atom is 0.357 e. The minimum atomic E-state index is -3.73. The van der Waals surface area contributed by atoms with Gasteiger partial charge in [-0.1, -0.05) is 6.07 Å². The van der Waals surface area contributed by atoms with Crippen LogP contribution in [0.25, 0.3) is 5.69 Å². The van der Waals surface area contributed by atoms with Crippen LogP contribution in [0.5, 0.6) is 0 Å². The van der Waals surface area contributed by atoms with E-state index >= 15 is 0 Å². The van der Waals surface area contributed by atoms with Crippen LogP contribution in [0.1, 0.15) is 10.5 Å². The molecule has 0 bridgehead atoms. The van der Waals surface area contributed by atoms with Crippen molar-refractivity contribution in [3.8, 4) is 5.69 Å². The Morgan fingerprint density at radius 2 is 1.85 bits per heavy atom. The zero-order chi connectivity index (χ0) is 24.1. The summed E-state index contributed by atoms with van der Waals surface area (Å²) in [4.78, 5) is 28.7. The Morgan fingerprint density at radius 1 is 1.12 bits per heavy atom. The number of aromatic nitrogens is 2. The van der Waals surface area contributed by atoms with E-state index in [1.807, 2.05) is 0 Å². The number of hydrogen-bond acceptors (Lipinski definition) is 7. The molecule has 0 saturated carbocycles. The van der Waals surface area contributed by atoms with Crippen molar-refractivity contribution in [2.75, 3.05) is 38.2 Å². The summed E-state index contributed by atoms with van der Waals surface area (Å²) in [5.41, 5.74) is 0.790. The monoisotopic (exact) mass is 488 g/mol. The second-order valence-electron chi connectivity index (χ2n) is 7.29. The minimum absolute atomic E-state index is 0.0346. The van der Waals surface area contributed by atoms with Crippen LogP contribution >= 0.6 is 0 Å². The lowest BCUT2D eigenvalue weighted by Gasteiger charge is -2.26. The molecule has 10 nitrogen and oxygen atoms in total. The summed E-state index contributed by atoms with van der Waals surface area (Å²) in [6.45, 7) is 0.544. The third-order valence-corrected chi connectivity index (χ3v) is 6.91. The number of esters is 1. The minimum Gasteiger partial charge on any atom is -0.451 e. The van der Waals surface area contributed by atoms with Crippen molar-refractivity contribution in [3.05, 3.63) is 72.6 Å². The molecule has 1 fully saturated rings. The van der Waals surface area contributed by atoms with Gasteiger partial charge in [0.25, 0.3) is 5.91 Å². The molecule has 4 rings (SSSR count). The quantitative estimate of drug-likeness (QED) is 0.504. The summed E-state index contributed by atoms with van der Waals surface area (Å²) >= 11 is 0. The SMILES string of the molecule is O=C(COC(=O)c1cncn1-c1ccc(F)cc1)Nc1cccc(S(=O)(=O)N2CCOCC2)c1. The van der Waals surface area contributed by atoms with Crippen LogP contribution in [0, 0.1) is 5.82 Å². The van der Waals surface area contributed by atoms with E-state index < -0.39 is 34.3 Å². The summed E-state index contributed by atoms with van der Waals surface area (Å²) in [5.74, 6) is -1.88. The van der Waals surface area contributed by atoms with E-state index in [0.717, 1.165) is 0 Å². The Kier molecular flexibility index (Phi) is 7.01. The molecule has 0 radical (unpaired) electrons. The number of hydrogen-bond donors (Lipinski definition) is 1. The number of amides is 1. The number of imidazole rings is 1. The highest BCUT2D eigenvalue weighted by Crippen LogP contribution is 2.20. The van der Waals surface area contributed by atoms with E-state index in [1.165, 1.54) is 69.9 Å². The summed E-state index contributed by atoms with van der Waals surface area (Å²) in [6.07, 6.45) is 2.63. The second-order valence-corrected chi connectivity index (χ2v) is 9.23. The Morgan fingerprint density at radius 3 is 2.59 bits per heavy atom. The fourth-order valence-electron chi connectivity index (χ4n) is 3.33. The molecule has 1 amide bonds. The average molecular weight is 488 g/mol. The van der Waals surface area contributed by atoms with Crippen LogP contribution < -0.4 is 5.32 Å². The molecule has 3 aromatic rings. The van der Waals surface area contributed by atoms with Gasteiger partial charge in [0.05, 0.1) is 30.6 Å². The number of rotatable bonds is 7. The van der Waals surface area contributed by atoms with Crippen LogP contribution in [0.15, 0.2) is 66.0 Å². The second kappa shape index (κ2) is 10.1. The third-order valence-electron chi connectivity index (χ3n) is 5.01. The van der Waals surface area contributed by atoms with Gasteiger partial charge in [-0.3, -0.25) is 9.36 Å². The van der Waals surface area contributed by atoms with E-state index in [9.17, 15) is 22.4 Å². The molecule has 0 atom stereocenters. The first-order valence-corrected chi connectivity index (χ1v) is 11.7. The molecule has 1 saturated heterocycles.